The number of para-hydroxylation sites is 2. The molecule has 0 heterocycles. The van der Waals surface area contributed by atoms with Crippen LogP contribution in [0, 0.1) is 20.2 Å². The number of rotatable bonds is 10. The molecule has 2 aromatic carbocycles. The van der Waals surface area contributed by atoms with E-state index in [1.165, 1.54) is 19.2 Å². The maximum Gasteiger partial charge on any atom is 0.275 e. The maximum absolute atomic E-state index is 11.4. The predicted molar refractivity (Wildman–Crippen MR) is 99.5 cm³/mol. The molecule has 0 aliphatic heterocycles. The van der Waals surface area contributed by atoms with E-state index in [0.717, 1.165) is 6.42 Å². The van der Waals surface area contributed by atoms with Crippen LogP contribution in [0.25, 0.3) is 0 Å². The summed E-state index contributed by atoms with van der Waals surface area (Å²) in [6.07, 6.45) is -0.323. The van der Waals surface area contributed by atoms with Gasteiger partial charge in [0.05, 0.1) is 33.2 Å². The van der Waals surface area contributed by atoms with Gasteiger partial charge in [0, 0.05) is 32.3 Å². The van der Waals surface area contributed by atoms with Crippen molar-refractivity contribution < 1.29 is 19.3 Å². The minimum absolute atomic E-state index is 0.0454. The summed E-state index contributed by atoms with van der Waals surface area (Å²) >= 11 is 0. The van der Waals surface area contributed by atoms with Crippen LogP contribution < -0.4 is 0 Å². The molecule has 0 spiro atoms. The van der Waals surface area contributed by atoms with Gasteiger partial charge in [0.1, 0.15) is 0 Å². The zero-order chi connectivity index (χ0) is 19.8. The van der Waals surface area contributed by atoms with Gasteiger partial charge in [-0.25, -0.2) is 0 Å². The van der Waals surface area contributed by atoms with Crippen LogP contribution in [0.2, 0.25) is 0 Å². The normalized spacial score (nSPS) is 13.1. The second-order valence-corrected chi connectivity index (χ2v) is 5.95. The van der Waals surface area contributed by atoms with E-state index in [1.807, 2.05) is 6.92 Å². The predicted octanol–water partition coefficient (Wildman–Crippen LogP) is 4.75. The van der Waals surface area contributed by atoms with Crippen molar-refractivity contribution in [3.8, 4) is 0 Å². The lowest BCUT2D eigenvalue weighted by atomic mass is 9.96. The van der Waals surface area contributed by atoms with Crippen LogP contribution in [-0.2, 0) is 9.47 Å². The first-order chi connectivity index (χ1) is 13.0. The van der Waals surface area contributed by atoms with Gasteiger partial charge in [0.15, 0.2) is 0 Å². The van der Waals surface area contributed by atoms with E-state index in [2.05, 4.69) is 0 Å². The van der Waals surface area contributed by atoms with Gasteiger partial charge in [0.25, 0.3) is 11.4 Å². The molecule has 8 heteroatoms. The average molecular weight is 374 g/mol. The zero-order valence-corrected chi connectivity index (χ0v) is 15.2. The third kappa shape index (κ3) is 5.08. The van der Waals surface area contributed by atoms with Gasteiger partial charge in [-0.2, -0.15) is 0 Å². The molecular formula is C19H22N2O6. The average Bonchev–Trinajstić information content (AvgIpc) is 2.68. The first-order valence-corrected chi connectivity index (χ1v) is 8.60. The van der Waals surface area contributed by atoms with Crippen molar-refractivity contribution in [1.82, 2.24) is 0 Å². The van der Waals surface area contributed by atoms with Crippen molar-refractivity contribution in [2.24, 2.45) is 0 Å². The maximum atomic E-state index is 11.4. The molecule has 0 aliphatic rings. The number of methoxy groups -OCH3 is 1. The molecule has 0 saturated carbocycles. The molecule has 144 valence electrons. The molecule has 0 aliphatic carbocycles. The highest BCUT2D eigenvalue weighted by atomic mass is 16.6. The molecule has 0 bridgehead atoms. The summed E-state index contributed by atoms with van der Waals surface area (Å²) in [7, 11) is 1.46. The van der Waals surface area contributed by atoms with Crippen LogP contribution in [0.3, 0.4) is 0 Å². The molecule has 27 heavy (non-hydrogen) atoms. The van der Waals surface area contributed by atoms with Crippen molar-refractivity contribution in [2.45, 2.75) is 32.0 Å². The molecule has 2 unspecified atom stereocenters. The largest absolute Gasteiger partial charge is 0.376 e. The fourth-order valence-electron chi connectivity index (χ4n) is 2.94. The first-order valence-electron chi connectivity index (χ1n) is 8.60. The van der Waals surface area contributed by atoms with Crippen molar-refractivity contribution in [3.63, 3.8) is 0 Å². The summed E-state index contributed by atoms with van der Waals surface area (Å²) in [5.74, 6) is 0. The Morgan fingerprint density at radius 3 is 1.81 bits per heavy atom. The van der Waals surface area contributed by atoms with Crippen molar-refractivity contribution >= 4 is 11.4 Å². The van der Waals surface area contributed by atoms with E-state index in [0.29, 0.717) is 17.7 Å². The molecule has 0 N–H and O–H groups in total. The van der Waals surface area contributed by atoms with E-state index >= 15 is 0 Å². The number of benzene rings is 2. The number of hydrogen-bond acceptors (Lipinski definition) is 6. The van der Waals surface area contributed by atoms with E-state index < -0.39 is 22.1 Å². The highest BCUT2D eigenvalue weighted by Gasteiger charge is 2.29. The van der Waals surface area contributed by atoms with Gasteiger partial charge < -0.3 is 9.47 Å². The number of hydrogen-bond donors (Lipinski definition) is 0. The molecule has 0 saturated heterocycles. The lowest BCUT2D eigenvalue weighted by Crippen LogP contribution is -2.14. The summed E-state index contributed by atoms with van der Waals surface area (Å²) in [6, 6.07) is 12.7. The Bertz CT molecular complexity index is 795. The SMILES string of the molecule is CCCOC(CC(OC)c1ccccc1[N+](=O)[O-])c1ccccc1[N+](=O)[O-]. The zero-order valence-electron chi connectivity index (χ0n) is 15.2. The lowest BCUT2D eigenvalue weighted by Gasteiger charge is -2.23. The standard InChI is InChI=1S/C19H22N2O6/c1-3-12-27-19(15-9-5-7-11-17(15)21(24)25)13-18(26-2)14-8-4-6-10-16(14)20(22)23/h4-11,18-19H,3,12-13H2,1-2H3. The Hall–Kier alpha value is -2.84. The molecule has 0 aromatic heterocycles. The molecule has 0 radical (unpaired) electrons. The molecular weight excluding hydrogens is 352 g/mol. The van der Waals surface area contributed by atoms with Gasteiger partial charge in [-0.15, -0.1) is 0 Å². The number of ether oxygens (including phenoxy) is 2. The van der Waals surface area contributed by atoms with Crippen LogP contribution in [0.1, 0.15) is 43.1 Å². The summed E-state index contributed by atoms with van der Waals surface area (Å²) in [5, 5.41) is 22.7. The van der Waals surface area contributed by atoms with Gasteiger partial charge >= 0.3 is 0 Å². The third-order valence-corrected chi connectivity index (χ3v) is 4.20. The fourth-order valence-corrected chi connectivity index (χ4v) is 2.94. The highest BCUT2D eigenvalue weighted by Crippen LogP contribution is 2.38. The minimum Gasteiger partial charge on any atom is -0.376 e. The van der Waals surface area contributed by atoms with Crippen LogP contribution in [0.4, 0.5) is 11.4 Å². The summed E-state index contributed by atoms with van der Waals surface area (Å²) in [6.45, 7) is 2.34. The van der Waals surface area contributed by atoms with Crippen LogP contribution in [0.15, 0.2) is 48.5 Å². The lowest BCUT2D eigenvalue weighted by molar-refractivity contribution is -0.386. The summed E-state index contributed by atoms with van der Waals surface area (Å²) < 4.78 is 11.4. The van der Waals surface area contributed by atoms with Crippen LogP contribution in [-0.4, -0.2) is 23.6 Å². The Morgan fingerprint density at radius 2 is 1.37 bits per heavy atom. The quantitative estimate of drug-likeness (QED) is 0.439. The molecule has 2 aromatic rings. The van der Waals surface area contributed by atoms with Crippen molar-refractivity contribution in [3.05, 3.63) is 79.9 Å². The number of nitro benzene ring substituents is 2. The van der Waals surface area contributed by atoms with Crippen molar-refractivity contribution in [1.29, 1.82) is 0 Å². The third-order valence-electron chi connectivity index (χ3n) is 4.20. The Labute approximate surface area is 157 Å². The van der Waals surface area contributed by atoms with Gasteiger partial charge in [0.2, 0.25) is 0 Å². The topological polar surface area (TPSA) is 105 Å². The first kappa shape index (κ1) is 20.5. The van der Waals surface area contributed by atoms with E-state index in [-0.39, 0.29) is 17.8 Å². The number of nitrogens with zero attached hydrogens (tertiary/aromatic N) is 2. The Morgan fingerprint density at radius 1 is 0.889 bits per heavy atom. The second-order valence-electron chi connectivity index (χ2n) is 5.95. The van der Waals surface area contributed by atoms with E-state index in [1.54, 1.807) is 36.4 Å². The van der Waals surface area contributed by atoms with E-state index in [9.17, 15) is 20.2 Å². The van der Waals surface area contributed by atoms with E-state index in [4.69, 9.17) is 9.47 Å². The van der Waals surface area contributed by atoms with Gasteiger partial charge in [-0.3, -0.25) is 20.2 Å². The molecule has 0 amide bonds. The van der Waals surface area contributed by atoms with Crippen LogP contribution in [0.5, 0.6) is 0 Å². The molecule has 8 nitrogen and oxygen atoms in total. The Kier molecular flexibility index (Phi) is 7.39. The minimum atomic E-state index is -0.645. The Balaban J connectivity index is 2.40. The smallest absolute Gasteiger partial charge is 0.275 e. The highest BCUT2D eigenvalue weighted by molar-refractivity contribution is 5.44. The summed E-state index contributed by atoms with van der Waals surface area (Å²) in [4.78, 5) is 21.8. The molecule has 2 atom stereocenters. The molecule has 0 fully saturated rings. The van der Waals surface area contributed by atoms with Crippen LogP contribution >= 0.6 is 0 Å². The molecule has 2 rings (SSSR count). The number of nitro groups is 2. The second kappa shape index (κ2) is 9.75. The van der Waals surface area contributed by atoms with Gasteiger partial charge in [-0.05, 0) is 18.6 Å². The summed E-state index contributed by atoms with van der Waals surface area (Å²) in [5.41, 5.74) is 0.738. The fraction of sp³-hybridized carbons (Fsp3) is 0.368. The van der Waals surface area contributed by atoms with Gasteiger partial charge in [-0.1, -0.05) is 31.2 Å². The van der Waals surface area contributed by atoms with Crippen molar-refractivity contribution in [2.75, 3.05) is 13.7 Å². The monoisotopic (exact) mass is 374 g/mol.